The van der Waals surface area contributed by atoms with Gasteiger partial charge in [-0.15, -0.1) is 11.3 Å². The van der Waals surface area contributed by atoms with Gasteiger partial charge in [0.2, 0.25) is 0 Å². The molecule has 0 amide bonds. The lowest BCUT2D eigenvalue weighted by Gasteiger charge is -2.10. The zero-order valence-corrected chi connectivity index (χ0v) is 11.0. The smallest absolute Gasteiger partial charge is 0.305 e. The second-order valence-corrected chi connectivity index (χ2v) is 5.14. The largest absolute Gasteiger partial charge is 0.469 e. The van der Waals surface area contributed by atoms with Gasteiger partial charge in [0, 0.05) is 18.9 Å². The zero-order chi connectivity index (χ0) is 12.3. The van der Waals surface area contributed by atoms with Crippen molar-refractivity contribution in [2.45, 2.75) is 31.8 Å². The number of hydrogen-bond acceptors (Lipinski definition) is 5. The number of rotatable bonds is 6. The molecule has 0 aromatic carbocycles. The van der Waals surface area contributed by atoms with E-state index in [0.717, 1.165) is 10.7 Å². The van der Waals surface area contributed by atoms with E-state index in [1.54, 1.807) is 18.4 Å². The van der Waals surface area contributed by atoms with Gasteiger partial charge in [-0.2, -0.15) is 0 Å². The van der Waals surface area contributed by atoms with Crippen molar-refractivity contribution in [2.24, 2.45) is 5.92 Å². The third-order valence-corrected chi connectivity index (χ3v) is 3.88. The Hall–Kier alpha value is -0.940. The number of hydrogen-bond donors (Lipinski definition) is 0. The summed E-state index contributed by atoms with van der Waals surface area (Å²) in [6.07, 6.45) is 3.64. The lowest BCUT2D eigenvalue weighted by molar-refractivity contribution is -0.140. The van der Waals surface area contributed by atoms with Crippen molar-refractivity contribution in [2.75, 3.05) is 14.2 Å². The number of carbonyl (C=O) groups excluding carboxylic acids is 1. The van der Waals surface area contributed by atoms with E-state index in [1.807, 2.05) is 5.38 Å². The van der Waals surface area contributed by atoms with Crippen LogP contribution in [-0.2, 0) is 20.7 Å². The third kappa shape index (κ3) is 3.26. The highest BCUT2D eigenvalue weighted by Gasteiger charge is 2.34. The van der Waals surface area contributed by atoms with Crippen molar-refractivity contribution in [1.82, 2.24) is 4.98 Å². The van der Waals surface area contributed by atoms with Crippen LogP contribution < -0.4 is 0 Å². The number of nitrogens with zero attached hydrogens (tertiary/aromatic N) is 1. The van der Waals surface area contributed by atoms with Gasteiger partial charge in [-0.05, 0) is 18.8 Å². The topological polar surface area (TPSA) is 48.4 Å². The molecule has 1 aromatic heterocycles. The summed E-state index contributed by atoms with van der Waals surface area (Å²) in [4.78, 5) is 15.6. The normalized spacial score (nSPS) is 16.8. The minimum absolute atomic E-state index is 0.145. The first-order chi connectivity index (χ1) is 8.24. The Morgan fingerprint density at radius 3 is 2.94 bits per heavy atom. The summed E-state index contributed by atoms with van der Waals surface area (Å²) >= 11 is 1.62. The van der Waals surface area contributed by atoms with Crippen LogP contribution in [0, 0.1) is 5.92 Å². The van der Waals surface area contributed by atoms with Gasteiger partial charge in [0.25, 0.3) is 0 Å². The van der Waals surface area contributed by atoms with Crippen molar-refractivity contribution < 1.29 is 14.3 Å². The second-order valence-electron chi connectivity index (χ2n) is 4.25. The SMILES string of the molecule is COC(=O)CCc1csc(C(OC)C2CC2)n1. The van der Waals surface area contributed by atoms with Gasteiger partial charge >= 0.3 is 5.97 Å². The molecule has 0 bridgehead atoms. The molecular weight excluding hydrogens is 238 g/mol. The molecule has 0 saturated heterocycles. The third-order valence-electron chi connectivity index (χ3n) is 2.93. The molecule has 1 aliphatic carbocycles. The van der Waals surface area contributed by atoms with Crippen molar-refractivity contribution in [3.63, 3.8) is 0 Å². The average Bonchev–Trinajstić information content (AvgIpc) is 3.06. The Kier molecular flexibility index (Phi) is 4.12. The van der Waals surface area contributed by atoms with E-state index < -0.39 is 0 Å². The predicted octanol–water partition coefficient (Wildman–Crippen LogP) is 2.35. The molecular formula is C12H17NO3S. The number of aromatic nitrogens is 1. The summed E-state index contributed by atoms with van der Waals surface area (Å²) in [7, 11) is 3.14. The maximum atomic E-state index is 11.0. The summed E-state index contributed by atoms with van der Waals surface area (Å²) in [5.41, 5.74) is 0.957. The standard InChI is InChI=1S/C12H17NO3S/c1-15-10(14)6-5-9-7-17-12(13-9)11(16-2)8-3-4-8/h7-8,11H,3-6H2,1-2H3. The first-order valence-corrected chi connectivity index (χ1v) is 6.66. The molecule has 0 spiro atoms. The van der Waals surface area contributed by atoms with Crippen LogP contribution in [0.5, 0.6) is 0 Å². The molecule has 1 heterocycles. The van der Waals surface area contributed by atoms with Crippen LogP contribution in [0.1, 0.15) is 36.1 Å². The summed E-state index contributed by atoms with van der Waals surface area (Å²) in [5.74, 6) is 0.449. The van der Waals surface area contributed by atoms with Gasteiger partial charge < -0.3 is 9.47 Å². The van der Waals surface area contributed by atoms with Gasteiger partial charge in [-0.25, -0.2) is 4.98 Å². The highest BCUT2D eigenvalue weighted by Crippen LogP contribution is 2.43. The van der Waals surface area contributed by atoms with Gasteiger partial charge in [-0.1, -0.05) is 0 Å². The second kappa shape index (κ2) is 5.60. The summed E-state index contributed by atoms with van der Waals surface area (Å²) in [5, 5.41) is 3.04. The molecule has 1 aromatic rings. The maximum Gasteiger partial charge on any atom is 0.305 e. The van der Waals surface area contributed by atoms with Crippen molar-refractivity contribution in [3.8, 4) is 0 Å². The molecule has 4 nitrogen and oxygen atoms in total. The molecule has 1 unspecified atom stereocenters. The lowest BCUT2D eigenvalue weighted by Crippen LogP contribution is -2.04. The van der Waals surface area contributed by atoms with Crippen LogP contribution in [0.25, 0.3) is 0 Å². The van der Waals surface area contributed by atoms with E-state index in [9.17, 15) is 4.79 Å². The van der Waals surface area contributed by atoms with Gasteiger partial charge in [0.05, 0.1) is 19.2 Å². The van der Waals surface area contributed by atoms with Crippen molar-refractivity contribution >= 4 is 17.3 Å². The van der Waals surface area contributed by atoms with Crippen LogP contribution in [0.15, 0.2) is 5.38 Å². The number of aryl methyl sites for hydroxylation is 1. The highest BCUT2D eigenvalue weighted by atomic mass is 32.1. The van der Waals surface area contributed by atoms with Crippen LogP contribution in [0.4, 0.5) is 0 Å². The van der Waals surface area contributed by atoms with E-state index in [0.29, 0.717) is 18.8 Å². The maximum absolute atomic E-state index is 11.0. The fraction of sp³-hybridized carbons (Fsp3) is 0.667. The molecule has 17 heavy (non-hydrogen) atoms. The summed E-state index contributed by atoms with van der Waals surface area (Å²) in [6, 6.07) is 0. The van der Waals surface area contributed by atoms with Crippen molar-refractivity contribution in [3.05, 3.63) is 16.1 Å². The van der Waals surface area contributed by atoms with Crippen LogP contribution in [-0.4, -0.2) is 25.2 Å². The van der Waals surface area contributed by atoms with Gasteiger partial charge in [0.15, 0.2) is 0 Å². The Labute approximate surface area is 105 Å². The molecule has 1 aliphatic rings. The van der Waals surface area contributed by atoms with Crippen LogP contribution in [0.3, 0.4) is 0 Å². The monoisotopic (exact) mass is 255 g/mol. The molecule has 94 valence electrons. The number of thiazole rings is 1. The summed E-state index contributed by atoms with van der Waals surface area (Å²) in [6.45, 7) is 0. The Bertz CT molecular complexity index is 387. The molecule has 1 fully saturated rings. The number of methoxy groups -OCH3 is 2. The average molecular weight is 255 g/mol. The number of ether oxygens (including phenoxy) is 2. The lowest BCUT2D eigenvalue weighted by atomic mass is 10.2. The predicted molar refractivity (Wildman–Crippen MR) is 64.9 cm³/mol. The molecule has 1 saturated carbocycles. The minimum atomic E-state index is -0.190. The first-order valence-electron chi connectivity index (χ1n) is 5.78. The fourth-order valence-corrected chi connectivity index (χ4v) is 2.81. The molecule has 0 radical (unpaired) electrons. The van der Waals surface area contributed by atoms with E-state index in [2.05, 4.69) is 9.72 Å². The van der Waals surface area contributed by atoms with Crippen LogP contribution in [0.2, 0.25) is 0 Å². The van der Waals surface area contributed by atoms with E-state index in [4.69, 9.17) is 4.74 Å². The zero-order valence-electron chi connectivity index (χ0n) is 10.1. The van der Waals surface area contributed by atoms with Gasteiger partial charge in [0.1, 0.15) is 11.1 Å². The molecule has 0 aliphatic heterocycles. The summed E-state index contributed by atoms with van der Waals surface area (Å²) < 4.78 is 10.1. The molecule has 0 N–H and O–H groups in total. The van der Waals surface area contributed by atoms with Crippen LogP contribution >= 0.6 is 11.3 Å². The Morgan fingerprint density at radius 1 is 1.59 bits per heavy atom. The van der Waals surface area contributed by atoms with Crippen molar-refractivity contribution in [1.29, 1.82) is 0 Å². The molecule has 2 rings (SSSR count). The Morgan fingerprint density at radius 2 is 2.35 bits per heavy atom. The first kappa shape index (κ1) is 12.5. The fourth-order valence-electron chi connectivity index (χ4n) is 1.79. The Balaban J connectivity index is 1.92. The molecule has 5 heteroatoms. The van der Waals surface area contributed by atoms with E-state index in [1.165, 1.54) is 20.0 Å². The van der Waals surface area contributed by atoms with E-state index in [-0.39, 0.29) is 12.1 Å². The number of esters is 1. The molecule has 1 atom stereocenters. The van der Waals surface area contributed by atoms with Gasteiger partial charge in [-0.3, -0.25) is 4.79 Å². The minimum Gasteiger partial charge on any atom is -0.469 e. The number of carbonyl (C=O) groups is 1. The quantitative estimate of drug-likeness (QED) is 0.732. The highest BCUT2D eigenvalue weighted by molar-refractivity contribution is 7.09. The van der Waals surface area contributed by atoms with E-state index >= 15 is 0 Å².